The van der Waals surface area contributed by atoms with E-state index in [1.165, 1.54) is 12.1 Å². The van der Waals surface area contributed by atoms with Gasteiger partial charge in [-0.3, -0.25) is 0 Å². The van der Waals surface area contributed by atoms with E-state index < -0.39 is 11.4 Å². The largest absolute Gasteiger partial charge is 0.618 e. The molecular formula is C15H21FN2O3. The predicted octanol–water partition coefficient (Wildman–Crippen LogP) is 2.57. The molecule has 0 N–H and O–H groups in total. The second-order valence-corrected chi connectivity index (χ2v) is 6.34. The highest BCUT2D eigenvalue weighted by Crippen LogP contribution is 2.26. The van der Waals surface area contributed by atoms with Gasteiger partial charge in [-0.05, 0) is 39.7 Å². The molecule has 0 saturated carbocycles. The van der Waals surface area contributed by atoms with Crippen molar-refractivity contribution >= 4 is 6.09 Å². The lowest BCUT2D eigenvalue weighted by atomic mass is 9.93. The van der Waals surface area contributed by atoms with Gasteiger partial charge in [0.2, 0.25) is 6.20 Å². The Bertz CT molecular complexity index is 520. The number of likely N-dealkylation sites (tertiary alicyclic amines) is 1. The van der Waals surface area contributed by atoms with Gasteiger partial charge in [-0.2, -0.15) is 4.73 Å². The van der Waals surface area contributed by atoms with Crippen molar-refractivity contribution in [2.45, 2.75) is 45.1 Å². The maximum Gasteiger partial charge on any atom is 0.410 e. The third kappa shape index (κ3) is 4.06. The number of piperidine rings is 1. The van der Waals surface area contributed by atoms with Crippen LogP contribution in [0.25, 0.3) is 0 Å². The van der Waals surface area contributed by atoms with Crippen LogP contribution in [0, 0.1) is 11.0 Å². The molecule has 116 valence electrons. The number of amides is 1. The van der Waals surface area contributed by atoms with E-state index in [2.05, 4.69) is 0 Å². The molecular weight excluding hydrogens is 275 g/mol. The highest BCUT2D eigenvalue weighted by atomic mass is 19.1. The van der Waals surface area contributed by atoms with E-state index >= 15 is 0 Å². The Hall–Kier alpha value is -1.85. The molecule has 1 saturated heterocycles. The van der Waals surface area contributed by atoms with Crippen molar-refractivity contribution in [1.82, 2.24) is 4.90 Å². The number of halogens is 1. The molecule has 1 aliphatic rings. The van der Waals surface area contributed by atoms with Crippen molar-refractivity contribution in [2.75, 3.05) is 13.1 Å². The summed E-state index contributed by atoms with van der Waals surface area (Å²) >= 11 is 0. The van der Waals surface area contributed by atoms with Crippen LogP contribution < -0.4 is 4.73 Å². The Morgan fingerprint density at radius 3 is 2.52 bits per heavy atom. The number of carbonyl (C=O) groups is 1. The first-order chi connectivity index (χ1) is 9.76. The number of nitrogens with zero attached hydrogens (tertiary/aromatic N) is 2. The zero-order valence-electron chi connectivity index (χ0n) is 12.6. The zero-order valence-corrected chi connectivity index (χ0v) is 12.6. The van der Waals surface area contributed by atoms with Gasteiger partial charge in [0.05, 0.1) is 0 Å². The smallest absolute Gasteiger partial charge is 0.410 e. The number of carbonyl (C=O) groups excluding carboxylic acids is 1. The fourth-order valence-electron chi connectivity index (χ4n) is 2.47. The second kappa shape index (κ2) is 5.87. The summed E-state index contributed by atoms with van der Waals surface area (Å²) in [6.07, 6.45) is 1.96. The fourth-order valence-corrected chi connectivity index (χ4v) is 2.47. The first kappa shape index (κ1) is 15.5. The van der Waals surface area contributed by atoms with Crippen molar-refractivity contribution in [2.24, 2.45) is 0 Å². The highest BCUT2D eigenvalue weighted by Gasteiger charge is 2.30. The minimum Gasteiger partial charge on any atom is -0.618 e. The average Bonchev–Trinajstić information content (AvgIpc) is 2.37. The lowest BCUT2D eigenvalue weighted by Gasteiger charge is -2.32. The SMILES string of the molecule is CC(C)(C)OC(=O)N1CCC(c2ccc(F)c[n+]2[O-])CC1. The van der Waals surface area contributed by atoms with E-state index in [0.29, 0.717) is 36.4 Å². The van der Waals surface area contributed by atoms with Gasteiger partial charge in [0.15, 0.2) is 11.5 Å². The molecule has 0 spiro atoms. The summed E-state index contributed by atoms with van der Waals surface area (Å²) in [6.45, 7) is 6.57. The second-order valence-electron chi connectivity index (χ2n) is 6.34. The Kier molecular flexibility index (Phi) is 4.34. The number of ether oxygens (including phenoxy) is 1. The maximum absolute atomic E-state index is 12.9. The molecule has 1 amide bonds. The summed E-state index contributed by atoms with van der Waals surface area (Å²) < 4.78 is 18.9. The van der Waals surface area contributed by atoms with Crippen LogP contribution in [0.3, 0.4) is 0 Å². The molecule has 0 bridgehead atoms. The predicted molar refractivity (Wildman–Crippen MR) is 75.1 cm³/mol. The molecule has 2 rings (SSSR count). The van der Waals surface area contributed by atoms with Crippen LogP contribution in [0.5, 0.6) is 0 Å². The molecule has 2 heterocycles. The summed E-state index contributed by atoms with van der Waals surface area (Å²) in [4.78, 5) is 13.6. The van der Waals surface area contributed by atoms with Crippen molar-refractivity contribution in [3.05, 3.63) is 35.0 Å². The van der Waals surface area contributed by atoms with Gasteiger partial charge in [0.1, 0.15) is 5.60 Å². The molecule has 21 heavy (non-hydrogen) atoms. The van der Waals surface area contributed by atoms with E-state index in [4.69, 9.17) is 4.74 Å². The minimum atomic E-state index is -0.542. The van der Waals surface area contributed by atoms with Crippen molar-refractivity contribution in [3.63, 3.8) is 0 Å². The van der Waals surface area contributed by atoms with Crippen LogP contribution in [0.4, 0.5) is 9.18 Å². The van der Waals surface area contributed by atoms with E-state index in [0.717, 1.165) is 6.20 Å². The van der Waals surface area contributed by atoms with Crippen molar-refractivity contribution in [1.29, 1.82) is 0 Å². The lowest BCUT2D eigenvalue weighted by Crippen LogP contribution is -2.43. The standard InChI is InChI=1S/C15H21FN2O3/c1-15(2,3)21-14(19)17-8-6-11(7-9-17)13-5-4-12(16)10-18(13)20/h4-5,10-11H,6-9H2,1-3H3. The maximum atomic E-state index is 12.9. The summed E-state index contributed by atoms with van der Waals surface area (Å²) in [6, 6.07) is 2.82. The van der Waals surface area contributed by atoms with Crippen LogP contribution >= 0.6 is 0 Å². The number of hydrogen-bond acceptors (Lipinski definition) is 3. The van der Waals surface area contributed by atoms with Gasteiger partial charge in [0, 0.05) is 25.1 Å². The normalized spacial score (nSPS) is 16.9. The van der Waals surface area contributed by atoms with Gasteiger partial charge >= 0.3 is 6.09 Å². The molecule has 5 nitrogen and oxygen atoms in total. The highest BCUT2D eigenvalue weighted by molar-refractivity contribution is 5.68. The van der Waals surface area contributed by atoms with Crippen LogP contribution in [-0.2, 0) is 4.74 Å². The zero-order chi connectivity index (χ0) is 15.6. The molecule has 0 unspecified atom stereocenters. The number of hydrogen-bond donors (Lipinski definition) is 0. The monoisotopic (exact) mass is 296 g/mol. The Labute approximate surface area is 123 Å². The van der Waals surface area contributed by atoms with Crippen LogP contribution in [0.15, 0.2) is 18.3 Å². The number of rotatable bonds is 1. The van der Waals surface area contributed by atoms with E-state index in [1.807, 2.05) is 20.8 Å². The third-order valence-electron chi connectivity index (χ3n) is 3.47. The van der Waals surface area contributed by atoms with Crippen LogP contribution in [0.2, 0.25) is 0 Å². The van der Waals surface area contributed by atoms with Gasteiger partial charge < -0.3 is 14.8 Å². The first-order valence-corrected chi connectivity index (χ1v) is 7.13. The molecule has 1 fully saturated rings. The summed E-state index contributed by atoms with van der Waals surface area (Å²) in [5, 5.41) is 11.7. The molecule has 1 aromatic heterocycles. The van der Waals surface area contributed by atoms with E-state index in [-0.39, 0.29) is 12.0 Å². The minimum absolute atomic E-state index is 0.0433. The molecule has 0 aliphatic carbocycles. The molecule has 1 aromatic rings. The van der Waals surface area contributed by atoms with Gasteiger partial charge in [-0.25, -0.2) is 9.18 Å². The molecule has 6 heteroatoms. The third-order valence-corrected chi connectivity index (χ3v) is 3.47. The molecule has 1 aliphatic heterocycles. The Balaban J connectivity index is 1.95. The van der Waals surface area contributed by atoms with Crippen LogP contribution in [-0.4, -0.2) is 29.7 Å². The summed E-state index contributed by atoms with van der Waals surface area (Å²) in [7, 11) is 0. The van der Waals surface area contributed by atoms with E-state index in [1.54, 1.807) is 4.90 Å². The number of aromatic nitrogens is 1. The molecule has 0 atom stereocenters. The Morgan fingerprint density at radius 2 is 2.00 bits per heavy atom. The quantitative estimate of drug-likeness (QED) is 0.591. The molecule has 0 aromatic carbocycles. The van der Waals surface area contributed by atoms with Gasteiger partial charge in [-0.15, -0.1) is 0 Å². The van der Waals surface area contributed by atoms with Gasteiger partial charge in [0.25, 0.3) is 0 Å². The topological polar surface area (TPSA) is 56.5 Å². The Morgan fingerprint density at radius 1 is 1.38 bits per heavy atom. The number of pyridine rings is 1. The van der Waals surface area contributed by atoms with Gasteiger partial charge in [-0.1, -0.05) is 0 Å². The fraction of sp³-hybridized carbons (Fsp3) is 0.600. The summed E-state index contributed by atoms with van der Waals surface area (Å²) in [5.74, 6) is -0.498. The average molecular weight is 296 g/mol. The van der Waals surface area contributed by atoms with E-state index in [9.17, 15) is 14.4 Å². The van der Waals surface area contributed by atoms with Crippen molar-refractivity contribution < 1.29 is 18.7 Å². The van der Waals surface area contributed by atoms with Crippen LogP contribution in [0.1, 0.15) is 45.2 Å². The lowest BCUT2D eigenvalue weighted by molar-refractivity contribution is -0.617. The van der Waals surface area contributed by atoms with Crippen molar-refractivity contribution in [3.8, 4) is 0 Å². The summed E-state index contributed by atoms with van der Waals surface area (Å²) in [5.41, 5.74) is 0.0448. The first-order valence-electron chi connectivity index (χ1n) is 7.13. The molecule has 0 radical (unpaired) electrons.